The summed E-state index contributed by atoms with van der Waals surface area (Å²) in [5, 5.41) is 3.61. The van der Waals surface area contributed by atoms with Gasteiger partial charge in [0.2, 0.25) is 0 Å². The monoisotopic (exact) mass is 280 g/mol. The van der Waals surface area contributed by atoms with E-state index in [1.165, 1.54) is 70.9 Å². The molecule has 2 atom stereocenters. The summed E-state index contributed by atoms with van der Waals surface area (Å²) in [6.07, 6.45) is 13.4. The summed E-state index contributed by atoms with van der Waals surface area (Å²) >= 11 is 0. The molecule has 20 heavy (non-hydrogen) atoms. The number of nitrogens with one attached hydrogen (secondary N) is 1. The molecule has 0 aromatic rings. The van der Waals surface area contributed by atoms with E-state index in [1.54, 1.807) is 0 Å². The molecule has 2 saturated carbocycles. The minimum Gasteiger partial charge on any atom is -0.372 e. The maximum absolute atomic E-state index is 6.26. The van der Waals surface area contributed by atoms with Crippen molar-refractivity contribution in [3.8, 4) is 0 Å². The summed E-state index contributed by atoms with van der Waals surface area (Å²) in [5.74, 6) is 0. The number of rotatable bonds is 7. The molecule has 1 heterocycles. The molecule has 0 radical (unpaired) electrons. The van der Waals surface area contributed by atoms with E-state index in [0.29, 0.717) is 12.2 Å². The second-order valence-electron chi connectivity index (χ2n) is 7.02. The average Bonchev–Trinajstić information content (AvgIpc) is 3.22. The van der Waals surface area contributed by atoms with Crippen LogP contribution in [0.1, 0.15) is 64.7 Å². The van der Waals surface area contributed by atoms with E-state index in [9.17, 15) is 0 Å². The minimum absolute atomic E-state index is 0.477. The van der Waals surface area contributed by atoms with Crippen LogP contribution < -0.4 is 5.32 Å². The lowest BCUT2D eigenvalue weighted by Crippen LogP contribution is -2.41. The number of hydrogen-bond acceptors (Lipinski definition) is 3. The molecule has 3 nitrogen and oxygen atoms in total. The Labute approximate surface area is 124 Å². The summed E-state index contributed by atoms with van der Waals surface area (Å²) in [6.45, 7) is 5.75. The predicted octanol–water partition coefficient (Wildman–Crippen LogP) is 2.94. The molecule has 0 spiro atoms. The van der Waals surface area contributed by atoms with E-state index in [2.05, 4.69) is 17.1 Å². The molecule has 1 N–H and O–H groups in total. The van der Waals surface area contributed by atoms with Crippen LogP contribution in [0.3, 0.4) is 0 Å². The molecule has 0 amide bonds. The van der Waals surface area contributed by atoms with Gasteiger partial charge < -0.3 is 10.1 Å². The van der Waals surface area contributed by atoms with Gasteiger partial charge in [-0.1, -0.05) is 26.2 Å². The van der Waals surface area contributed by atoms with Gasteiger partial charge in [0.25, 0.3) is 0 Å². The van der Waals surface area contributed by atoms with Crippen molar-refractivity contribution < 1.29 is 4.74 Å². The van der Waals surface area contributed by atoms with E-state index >= 15 is 0 Å². The highest BCUT2D eigenvalue weighted by Gasteiger charge is 2.30. The van der Waals surface area contributed by atoms with Crippen molar-refractivity contribution in [2.24, 2.45) is 0 Å². The topological polar surface area (TPSA) is 24.5 Å². The Kier molecular flexibility index (Phi) is 5.36. The molecule has 3 rings (SSSR count). The number of ether oxygens (including phenoxy) is 1. The first kappa shape index (κ1) is 14.8. The van der Waals surface area contributed by atoms with E-state index in [-0.39, 0.29) is 0 Å². The second-order valence-corrected chi connectivity index (χ2v) is 7.02. The van der Waals surface area contributed by atoms with Gasteiger partial charge >= 0.3 is 0 Å². The van der Waals surface area contributed by atoms with E-state index in [1.807, 2.05) is 0 Å². The van der Waals surface area contributed by atoms with Gasteiger partial charge in [-0.25, -0.2) is 0 Å². The van der Waals surface area contributed by atoms with Gasteiger partial charge in [-0.15, -0.1) is 0 Å². The van der Waals surface area contributed by atoms with Crippen LogP contribution in [-0.4, -0.2) is 48.8 Å². The van der Waals surface area contributed by atoms with Crippen LogP contribution in [0, 0.1) is 0 Å². The van der Waals surface area contributed by atoms with E-state index in [4.69, 9.17) is 4.74 Å². The molecule has 116 valence electrons. The highest BCUT2D eigenvalue weighted by Crippen LogP contribution is 2.26. The van der Waals surface area contributed by atoms with Gasteiger partial charge in [-0.05, 0) is 45.1 Å². The quantitative estimate of drug-likeness (QED) is 0.776. The molecule has 2 aliphatic carbocycles. The molecule has 3 fully saturated rings. The van der Waals surface area contributed by atoms with Gasteiger partial charge in [0, 0.05) is 25.2 Å². The Hall–Kier alpha value is -0.120. The highest BCUT2D eigenvalue weighted by molar-refractivity contribution is 4.85. The van der Waals surface area contributed by atoms with Crippen LogP contribution in [-0.2, 0) is 4.74 Å². The van der Waals surface area contributed by atoms with Gasteiger partial charge in [0.15, 0.2) is 0 Å². The van der Waals surface area contributed by atoms with E-state index in [0.717, 1.165) is 18.6 Å². The molecule has 0 aromatic heterocycles. The van der Waals surface area contributed by atoms with Crippen LogP contribution in [0.2, 0.25) is 0 Å². The number of hydrogen-bond donors (Lipinski definition) is 1. The van der Waals surface area contributed by atoms with Crippen molar-refractivity contribution >= 4 is 0 Å². The molecular formula is C17H32N2O. The third kappa shape index (κ3) is 4.19. The van der Waals surface area contributed by atoms with Crippen molar-refractivity contribution in [3.05, 3.63) is 0 Å². The Bertz CT molecular complexity index is 287. The van der Waals surface area contributed by atoms with Gasteiger partial charge in [0.05, 0.1) is 12.2 Å². The fourth-order valence-electron chi connectivity index (χ4n) is 3.89. The largest absolute Gasteiger partial charge is 0.372 e. The van der Waals surface area contributed by atoms with Gasteiger partial charge in [0.1, 0.15) is 0 Å². The third-order valence-electron chi connectivity index (χ3n) is 5.34. The van der Waals surface area contributed by atoms with Crippen LogP contribution in [0.15, 0.2) is 0 Å². The average molecular weight is 280 g/mol. The lowest BCUT2D eigenvalue weighted by molar-refractivity contribution is 0.0113. The summed E-state index contributed by atoms with van der Waals surface area (Å²) in [4.78, 5) is 2.69. The van der Waals surface area contributed by atoms with Crippen LogP contribution in [0.25, 0.3) is 0 Å². The fraction of sp³-hybridized carbons (Fsp3) is 1.00. The van der Waals surface area contributed by atoms with E-state index < -0.39 is 0 Å². The zero-order valence-electron chi connectivity index (χ0n) is 13.2. The molecular weight excluding hydrogens is 248 g/mol. The predicted molar refractivity (Wildman–Crippen MR) is 83.0 cm³/mol. The Balaban J connectivity index is 1.39. The molecule has 3 aliphatic rings. The van der Waals surface area contributed by atoms with Crippen molar-refractivity contribution in [2.45, 2.75) is 89.0 Å². The standard InChI is InChI=1S/C17H32N2O/c1-2-19(15-6-4-3-5-7-15)13-17-11-10-16(20-17)12-18-14-8-9-14/h14-18H,2-13H2,1H3. The van der Waals surface area contributed by atoms with Gasteiger partial charge in [-0.2, -0.15) is 0 Å². The molecule has 3 heteroatoms. The zero-order valence-corrected chi connectivity index (χ0v) is 13.2. The van der Waals surface area contributed by atoms with Crippen LogP contribution in [0.5, 0.6) is 0 Å². The lowest BCUT2D eigenvalue weighted by Gasteiger charge is -2.35. The molecule has 2 unspecified atom stereocenters. The second kappa shape index (κ2) is 7.24. The van der Waals surface area contributed by atoms with Crippen LogP contribution in [0.4, 0.5) is 0 Å². The number of nitrogens with zero attached hydrogens (tertiary/aromatic N) is 1. The summed E-state index contributed by atoms with van der Waals surface area (Å²) in [5.41, 5.74) is 0. The molecule has 1 aliphatic heterocycles. The first-order valence-corrected chi connectivity index (χ1v) is 8.98. The fourth-order valence-corrected chi connectivity index (χ4v) is 3.89. The summed E-state index contributed by atoms with van der Waals surface area (Å²) in [7, 11) is 0. The molecule has 1 saturated heterocycles. The van der Waals surface area contributed by atoms with Crippen molar-refractivity contribution in [2.75, 3.05) is 19.6 Å². The first-order chi connectivity index (χ1) is 9.85. The highest BCUT2D eigenvalue weighted by atomic mass is 16.5. The maximum Gasteiger partial charge on any atom is 0.0707 e. The zero-order chi connectivity index (χ0) is 13.8. The Morgan fingerprint density at radius 1 is 0.950 bits per heavy atom. The SMILES string of the molecule is CCN(CC1CCC(CNC2CC2)O1)C1CCCCC1. The van der Waals surface area contributed by atoms with Crippen molar-refractivity contribution in [1.29, 1.82) is 0 Å². The summed E-state index contributed by atoms with van der Waals surface area (Å²) < 4.78 is 6.26. The van der Waals surface area contributed by atoms with Gasteiger partial charge in [-0.3, -0.25) is 4.90 Å². The Morgan fingerprint density at radius 3 is 2.40 bits per heavy atom. The first-order valence-electron chi connectivity index (χ1n) is 8.98. The van der Waals surface area contributed by atoms with Crippen molar-refractivity contribution in [3.63, 3.8) is 0 Å². The van der Waals surface area contributed by atoms with Crippen LogP contribution >= 0.6 is 0 Å². The Morgan fingerprint density at radius 2 is 1.70 bits per heavy atom. The number of likely N-dealkylation sites (N-methyl/N-ethyl adjacent to an activating group) is 1. The molecule has 0 bridgehead atoms. The molecule has 0 aromatic carbocycles. The minimum atomic E-state index is 0.477. The maximum atomic E-state index is 6.26. The van der Waals surface area contributed by atoms with Crippen molar-refractivity contribution in [1.82, 2.24) is 10.2 Å². The summed E-state index contributed by atoms with van der Waals surface area (Å²) in [6, 6.07) is 1.65. The lowest BCUT2D eigenvalue weighted by atomic mass is 9.94. The normalized spacial score (nSPS) is 32.1. The third-order valence-corrected chi connectivity index (χ3v) is 5.34. The smallest absolute Gasteiger partial charge is 0.0707 e.